The lowest BCUT2D eigenvalue weighted by atomic mass is 9.90. The van der Waals surface area contributed by atoms with Gasteiger partial charge in [-0.05, 0) is 50.5 Å². The van der Waals surface area contributed by atoms with Crippen LogP contribution in [0.3, 0.4) is 0 Å². The number of rotatable bonds is 5. The highest BCUT2D eigenvalue weighted by Gasteiger charge is 2.42. The van der Waals surface area contributed by atoms with Crippen molar-refractivity contribution in [3.63, 3.8) is 0 Å². The van der Waals surface area contributed by atoms with Gasteiger partial charge in [-0.3, -0.25) is 4.79 Å². The maximum atomic E-state index is 12.4. The lowest BCUT2D eigenvalue weighted by Gasteiger charge is -2.21. The van der Waals surface area contributed by atoms with Gasteiger partial charge in [-0.25, -0.2) is 4.79 Å². The van der Waals surface area contributed by atoms with E-state index in [1.807, 2.05) is 30.8 Å². The lowest BCUT2D eigenvalue weighted by molar-refractivity contribution is -0.146. The second-order valence-electron chi connectivity index (χ2n) is 6.78. The van der Waals surface area contributed by atoms with Gasteiger partial charge in [0.15, 0.2) is 0 Å². The first-order valence-electron chi connectivity index (χ1n) is 8.32. The van der Waals surface area contributed by atoms with Crippen molar-refractivity contribution in [3.8, 4) is 0 Å². The number of likely N-dealkylation sites (tertiary alicyclic amines) is 1. The predicted molar refractivity (Wildman–Crippen MR) is 97.7 cm³/mol. The third-order valence-corrected chi connectivity index (χ3v) is 5.89. The number of aryl methyl sites for hydroxylation is 1. The maximum absolute atomic E-state index is 12.4. The van der Waals surface area contributed by atoms with Crippen LogP contribution in [0.4, 0.5) is 10.5 Å². The number of carboxylic acid groups (broad SMARTS) is 1. The van der Waals surface area contributed by atoms with Crippen molar-refractivity contribution in [3.05, 3.63) is 23.8 Å². The van der Waals surface area contributed by atoms with Crippen molar-refractivity contribution in [2.75, 3.05) is 18.4 Å². The summed E-state index contributed by atoms with van der Waals surface area (Å²) in [6.07, 6.45) is 1.60. The standard InChI is InChI=1S/C18H26N2O3S/c1-5-13(3)24-14-6-7-15(12(2)10-14)19-17(23)20-9-8-18(4,11-20)16(21)22/h6-7,10,13H,5,8-9,11H2,1-4H3,(H,19,23)(H,21,22). The van der Waals surface area contributed by atoms with Gasteiger partial charge in [-0.1, -0.05) is 13.8 Å². The highest BCUT2D eigenvalue weighted by molar-refractivity contribution is 7.99. The Morgan fingerprint density at radius 2 is 2.17 bits per heavy atom. The van der Waals surface area contributed by atoms with E-state index >= 15 is 0 Å². The quantitative estimate of drug-likeness (QED) is 0.780. The number of anilines is 1. The van der Waals surface area contributed by atoms with Gasteiger partial charge in [0.1, 0.15) is 0 Å². The summed E-state index contributed by atoms with van der Waals surface area (Å²) in [4.78, 5) is 26.5. The van der Waals surface area contributed by atoms with Crippen molar-refractivity contribution in [1.29, 1.82) is 0 Å². The minimum Gasteiger partial charge on any atom is -0.481 e. The number of carbonyl (C=O) groups is 2. The molecule has 1 aromatic rings. The molecule has 6 heteroatoms. The van der Waals surface area contributed by atoms with E-state index in [4.69, 9.17) is 0 Å². The number of nitrogens with one attached hydrogen (secondary N) is 1. The molecule has 0 radical (unpaired) electrons. The topological polar surface area (TPSA) is 69.6 Å². The molecule has 0 bridgehead atoms. The Morgan fingerprint density at radius 3 is 2.71 bits per heavy atom. The first-order chi connectivity index (χ1) is 11.2. The van der Waals surface area contributed by atoms with Crippen LogP contribution >= 0.6 is 11.8 Å². The van der Waals surface area contributed by atoms with E-state index in [1.54, 1.807) is 11.8 Å². The van der Waals surface area contributed by atoms with Crippen molar-refractivity contribution >= 4 is 29.4 Å². The summed E-state index contributed by atoms with van der Waals surface area (Å²) in [5.41, 5.74) is 0.942. The van der Waals surface area contributed by atoms with Gasteiger partial charge in [0.05, 0.1) is 5.41 Å². The molecule has 24 heavy (non-hydrogen) atoms. The van der Waals surface area contributed by atoms with Gasteiger partial charge < -0.3 is 15.3 Å². The maximum Gasteiger partial charge on any atom is 0.321 e. The van der Waals surface area contributed by atoms with E-state index in [0.717, 1.165) is 17.7 Å². The van der Waals surface area contributed by atoms with E-state index in [-0.39, 0.29) is 12.6 Å². The van der Waals surface area contributed by atoms with Gasteiger partial charge in [0.2, 0.25) is 0 Å². The van der Waals surface area contributed by atoms with Crippen LogP contribution in [0.15, 0.2) is 23.1 Å². The zero-order valence-corrected chi connectivity index (χ0v) is 15.6. The largest absolute Gasteiger partial charge is 0.481 e. The number of benzene rings is 1. The van der Waals surface area contributed by atoms with Crippen LogP contribution in [0, 0.1) is 12.3 Å². The molecule has 1 aliphatic rings. The number of urea groups is 1. The first kappa shape index (κ1) is 18.6. The first-order valence-corrected chi connectivity index (χ1v) is 9.20. The summed E-state index contributed by atoms with van der Waals surface area (Å²) in [7, 11) is 0. The van der Waals surface area contributed by atoms with E-state index in [9.17, 15) is 14.7 Å². The van der Waals surface area contributed by atoms with Crippen LogP contribution in [0.2, 0.25) is 0 Å². The van der Waals surface area contributed by atoms with Gasteiger partial charge in [0, 0.05) is 28.9 Å². The van der Waals surface area contributed by atoms with Crippen molar-refractivity contribution in [1.82, 2.24) is 4.90 Å². The zero-order valence-electron chi connectivity index (χ0n) is 14.8. The summed E-state index contributed by atoms with van der Waals surface area (Å²) < 4.78 is 0. The average molecular weight is 350 g/mol. The van der Waals surface area contributed by atoms with Crippen LogP contribution in [0.25, 0.3) is 0 Å². The molecule has 2 N–H and O–H groups in total. The molecule has 0 spiro atoms. The molecule has 1 aliphatic heterocycles. The molecule has 0 aromatic heterocycles. The Morgan fingerprint density at radius 1 is 1.46 bits per heavy atom. The number of carboxylic acids is 1. The molecule has 2 atom stereocenters. The monoisotopic (exact) mass is 350 g/mol. The van der Waals surface area contributed by atoms with Crippen LogP contribution in [0.1, 0.15) is 39.2 Å². The molecule has 2 rings (SSSR count). The fourth-order valence-corrected chi connectivity index (χ4v) is 3.69. The number of carbonyl (C=O) groups excluding carboxylic acids is 1. The Bertz CT molecular complexity index is 635. The average Bonchev–Trinajstić information content (AvgIpc) is 2.94. The zero-order chi connectivity index (χ0) is 17.9. The highest BCUT2D eigenvalue weighted by Crippen LogP contribution is 2.31. The van der Waals surface area contributed by atoms with Crippen molar-refractivity contribution < 1.29 is 14.7 Å². The molecule has 2 amide bonds. The number of amides is 2. The molecule has 1 aromatic carbocycles. The molecular formula is C18H26N2O3S. The van der Waals surface area contributed by atoms with Gasteiger partial charge in [-0.2, -0.15) is 0 Å². The normalized spacial score (nSPS) is 21.6. The highest BCUT2D eigenvalue weighted by atomic mass is 32.2. The third-order valence-electron chi connectivity index (χ3n) is 4.63. The van der Waals surface area contributed by atoms with Crippen LogP contribution in [-0.2, 0) is 4.79 Å². The van der Waals surface area contributed by atoms with E-state index < -0.39 is 11.4 Å². The molecule has 132 valence electrons. The number of aliphatic carboxylic acids is 1. The summed E-state index contributed by atoms with van der Waals surface area (Å²) in [5.74, 6) is -0.847. The summed E-state index contributed by atoms with van der Waals surface area (Å²) >= 11 is 1.83. The van der Waals surface area contributed by atoms with Gasteiger partial charge >= 0.3 is 12.0 Å². The molecule has 1 saturated heterocycles. The Kier molecular flexibility index (Phi) is 5.80. The minimum absolute atomic E-state index is 0.231. The molecule has 5 nitrogen and oxygen atoms in total. The van der Waals surface area contributed by atoms with Crippen LogP contribution < -0.4 is 5.32 Å². The Hall–Kier alpha value is -1.69. The molecule has 0 saturated carbocycles. The number of thioether (sulfide) groups is 1. The van der Waals surface area contributed by atoms with E-state index in [0.29, 0.717) is 18.2 Å². The molecule has 0 aliphatic carbocycles. The number of nitrogens with zero attached hydrogens (tertiary/aromatic N) is 1. The Balaban J connectivity index is 2.01. The minimum atomic E-state index is -0.847. The molecule has 1 heterocycles. The van der Waals surface area contributed by atoms with Gasteiger partial charge in [0.25, 0.3) is 0 Å². The lowest BCUT2D eigenvalue weighted by Crippen LogP contribution is -2.37. The fourth-order valence-electron chi connectivity index (χ4n) is 2.67. The third kappa shape index (κ3) is 4.23. The molecule has 2 unspecified atom stereocenters. The van der Waals surface area contributed by atoms with Crippen LogP contribution in [-0.4, -0.2) is 40.3 Å². The summed E-state index contributed by atoms with van der Waals surface area (Å²) in [5, 5.41) is 12.7. The second kappa shape index (κ2) is 7.47. The molecule has 1 fully saturated rings. The van der Waals surface area contributed by atoms with Crippen molar-refractivity contribution in [2.45, 2.75) is 50.7 Å². The Labute approximate surface area is 147 Å². The number of hydrogen-bond acceptors (Lipinski definition) is 3. The predicted octanol–water partition coefficient (Wildman–Crippen LogP) is 4.21. The number of hydrogen-bond donors (Lipinski definition) is 2. The fraction of sp³-hybridized carbons (Fsp3) is 0.556. The summed E-state index contributed by atoms with van der Waals surface area (Å²) in [6, 6.07) is 5.79. The SMILES string of the molecule is CCC(C)Sc1ccc(NC(=O)N2CCC(C)(C(=O)O)C2)c(C)c1. The smallest absolute Gasteiger partial charge is 0.321 e. The molecular weight excluding hydrogens is 324 g/mol. The van der Waals surface area contributed by atoms with E-state index in [2.05, 4.69) is 25.2 Å². The van der Waals surface area contributed by atoms with Crippen LogP contribution in [0.5, 0.6) is 0 Å². The van der Waals surface area contributed by atoms with Crippen molar-refractivity contribution in [2.24, 2.45) is 5.41 Å². The second-order valence-corrected chi connectivity index (χ2v) is 8.29. The summed E-state index contributed by atoms with van der Waals surface area (Å²) in [6.45, 7) is 8.74. The van der Waals surface area contributed by atoms with E-state index in [1.165, 1.54) is 4.90 Å². The van der Waals surface area contributed by atoms with Gasteiger partial charge in [-0.15, -0.1) is 11.8 Å².